The number of nitrogens with one attached hydrogen (secondary N) is 1. The van der Waals surface area contributed by atoms with Crippen LogP contribution in [0.2, 0.25) is 0 Å². The van der Waals surface area contributed by atoms with Crippen molar-refractivity contribution >= 4 is 0 Å². The van der Waals surface area contributed by atoms with Crippen LogP contribution in [0.25, 0.3) is 0 Å². The smallest absolute Gasteiger partial charge is 0.259 e. The molecular formula is C9H10F4N2. The fourth-order valence-electron chi connectivity index (χ4n) is 1.25. The van der Waals surface area contributed by atoms with Crippen molar-refractivity contribution in [2.24, 2.45) is 5.84 Å². The first-order chi connectivity index (χ1) is 6.99. The van der Waals surface area contributed by atoms with E-state index < -0.39 is 29.7 Å². The van der Waals surface area contributed by atoms with Gasteiger partial charge >= 0.3 is 0 Å². The van der Waals surface area contributed by atoms with E-state index in [0.29, 0.717) is 0 Å². The predicted octanol–water partition coefficient (Wildman–Crippen LogP) is 2.04. The molecule has 0 saturated carbocycles. The van der Waals surface area contributed by atoms with Gasteiger partial charge in [0.05, 0.1) is 0 Å². The molecule has 0 aliphatic rings. The maximum absolute atomic E-state index is 13.4. The highest BCUT2D eigenvalue weighted by molar-refractivity contribution is 5.29. The summed E-state index contributed by atoms with van der Waals surface area (Å²) in [7, 11) is 0. The van der Waals surface area contributed by atoms with Crippen molar-refractivity contribution in [2.75, 3.05) is 0 Å². The van der Waals surface area contributed by atoms with Crippen LogP contribution in [0.5, 0.6) is 0 Å². The summed E-state index contributed by atoms with van der Waals surface area (Å²) in [6.45, 7) is 1.36. The van der Waals surface area contributed by atoms with E-state index in [1.54, 1.807) is 5.43 Å². The zero-order valence-corrected chi connectivity index (χ0v) is 7.90. The SMILES string of the molecule is Cc1ccc(F)c(C(NN)C(F)F)c1F. The van der Waals surface area contributed by atoms with E-state index in [0.717, 1.165) is 6.07 Å². The highest BCUT2D eigenvalue weighted by Gasteiger charge is 2.28. The maximum Gasteiger partial charge on any atom is 0.259 e. The van der Waals surface area contributed by atoms with Gasteiger partial charge in [0.1, 0.15) is 17.7 Å². The Labute approximate surface area is 84.0 Å². The fourth-order valence-corrected chi connectivity index (χ4v) is 1.25. The molecule has 15 heavy (non-hydrogen) atoms. The third-order valence-corrected chi connectivity index (χ3v) is 2.06. The van der Waals surface area contributed by atoms with Crippen LogP contribution in [0, 0.1) is 18.6 Å². The van der Waals surface area contributed by atoms with Crippen molar-refractivity contribution in [3.63, 3.8) is 0 Å². The molecule has 6 heteroatoms. The second kappa shape index (κ2) is 4.59. The number of halogens is 4. The summed E-state index contributed by atoms with van der Waals surface area (Å²) >= 11 is 0. The van der Waals surface area contributed by atoms with Gasteiger partial charge in [-0.05, 0) is 18.6 Å². The number of aryl methyl sites for hydroxylation is 1. The molecule has 0 aliphatic heterocycles. The molecule has 84 valence electrons. The average molecular weight is 222 g/mol. The van der Waals surface area contributed by atoms with Gasteiger partial charge in [-0.15, -0.1) is 0 Å². The van der Waals surface area contributed by atoms with Crippen LogP contribution in [-0.4, -0.2) is 6.43 Å². The molecular weight excluding hydrogens is 212 g/mol. The Kier molecular flexibility index (Phi) is 3.65. The standard InChI is InChI=1S/C9H10F4N2/c1-4-2-3-5(10)6(7(4)11)8(15-14)9(12)13/h2-3,8-9,15H,14H2,1H3. The first-order valence-corrected chi connectivity index (χ1v) is 4.17. The quantitative estimate of drug-likeness (QED) is 0.466. The minimum absolute atomic E-state index is 0.0901. The van der Waals surface area contributed by atoms with Gasteiger partial charge in [0.25, 0.3) is 6.43 Å². The van der Waals surface area contributed by atoms with Gasteiger partial charge in [0, 0.05) is 5.56 Å². The van der Waals surface area contributed by atoms with Crippen LogP contribution >= 0.6 is 0 Å². The first-order valence-electron chi connectivity index (χ1n) is 4.17. The third-order valence-electron chi connectivity index (χ3n) is 2.06. The summed E-state index contributed by atoms with van der Waals surface area (Å²) in [5.74, 6) is 2.79. The lowest BCUT2D eigenvalue weighted by molar-refractivity contribution is 0.0949. The molecule has 1 aromatic rings. The van der Waals surface area contributed by atoms with Crippen LogP contribution in [0.1, 0.15) is 17.2 Å². The average Bonchev–Trinajstić information content (AvgIpc) is 2.18. The van der Waals surface area contributed by atoms with Gasteiger partial charge in [-0.25, -0.2) is 23.0 Å². The summed E-state index contributed by atoms with van der Waals surface area (Å²) in [5, 5.41) is 0. The molecule has 0 heterocycles. The Morgan fingerprint density at radius 3 is 2.33 bits per heavy atom. The van der Waals surface area contributed by atoms with Crippen LogP contribution in [-0.2, 0) is 0 Å². The molecule has 2 nitrogen and oxygen atoms in total. The Hall–Kier alpha value is -1.14. The summed E-state index contributed by atoms with van der Waals surface area (Å²) in [6, 6.07) is 0.262. The molecule has 1 atom stereocenters. The normalized spacial score (nSPS) is 13.3. The van der Waals surface area contributed by atoms with Crippen molar-refractivity contribution in [2.45, 2.75) is 19.4 Å². The molecule has 0 radical (unpaired) electrons. The van der Waals surface area contributed by atoms with Crippen LogP contribution < -0.4 is 11.3 Å². The number of hydrogen-bond donors (Lipinski definition) is 2. The van der Waals surface area contributed by atoms with E-state index in [9.17, 15) is 17.6 Å². The van der Waals surface area contributed by atoms with Crippen molar-refractivity contribution in [1.29, 1.82) is 0 Å². The van der Waals surface area contributed by atoms with Gasteiger partial charge in [-0.1, -0.05) is 6.07 Å². The summed E-state index contributed by atoms with van der Waals surface area (Å²) in [6.07, 6.45) is -2.99. The third kappa shape index (κ3) is 2.27. The predicted molar refractivity (Wildman–Crippen MR) is 47.2 cm³/mol. The molecule has 3 N–H and O–H groups in total. The zero-order valence-electron chi connectivity index (χ0n) is 7.90. The molecule has 0 fully saturated rings. The first kappa shape index (κ1) is 11.9. The summed E-state index contributed by atoms with van der Waals surface area (Å²) < 4.78 is 51.4. The molecule has 1 aromatic carbocycles. The minimum Gasteiger partial charge on any atom is -0.271 e. The molecule has 1 rings (SSSR count). The van der Waals surface area contributed by atoms with Crippen LogP contribution in [0.4, 0.5) is 17.6 Å². The number of hydrazine groups is 1. The molecule has 0 aromatic heterocycles. The van der Waals surface area contributed by atoms with Crippen molar-refractivity contribution in [3.8, 4) is 0 Å². The van der Waals surface area contributed by atoms with Crippen molar-refractivity contribution < 1.29 is 17.6 Å². The van der Waals surface area contributed by atoms with Crippen LogP contribution in [0.3, 0.4) is 0 Å². The van der Waals surface area contributed by atoms with E-state index in [4.69, 9.17) is 5.84 Å². The Balaban J connectivity index is 3.27. The lowest BCUT2D eigenvalue weighted by Gasteiger charge is -2.17. The molecule has 0 spiro atoms. The van der Waals surface area contributed by atoms with E-state index >= 15 is 0 Å². The fraction of sp³-hybridized carbons (Fsp3) is 0.333. The zero-order chi connectivity index (χ0) is 11.6. The van der Waals surface area contributed by atoms with E-state index in [1.807, 2.05) is 0 Å². The van der Waals surface area contributed by atoms with Crippen LogP contribution in [0.15, 0.2) is 12.1 Å². The molecule has 0 aliphatic carbocycles. The molecule has 0 amide bonds. The largest absolute Gasteiger partial charge is 0.271 e. The van der Waals surface area contributed by atoms with Gasteiger partial charge in [0.15, 0.2) is 0 Å². The summed E-state index contributed by atoms with van der Waals surface area (Å²) in [4.78, 5) is 0. The Morgan fingerprint density at radius 1 is 1.27 bits per heavy atom. The number of nitrogens with two attached hydrogens (primary N) is 1. The lowest BCUT2D eigenvalue weighted by Crippen LogP contribution is -2.34. The second-order valence-electron chi connectivity index (χ2n) is 3.07. The van der Waals surface area contributed by atoms with Gasteiger partial charge < -0.3 is 0 Å². The number of hydrogen-bond acceptors (Lipinski definition) is 2. The Bertz CT molecular complexity index is 354. The van der Waals surface area contributed by atoms with E-state index in [2.05, 4.69) is 0 Å². The van der Waals surface area contributed by atoms with Gasteiger partial charge in [-0.3, -0.25) is 5.84 Å². The van der Waals surface area contributed by atoms with E-state index in [1.165, 1.54) is 13.0 Å². The Morgan fingerprint density at radius 2 is 1.87 bits per heavy atom. The van der Waals surface area contributed by atoms with Crippen molar-refractivity contribution in [3.05, 3.63) is 34.9 Å². The monoisotopic (exact) mass is 222 g/mol. The highest BCUT2D eigenvalue weighted by Crippen LogP contribution is 2.26. The topological polar surface area (TPSA) is 38.0 Å². The maximum atomic E-state index is 13.4. The van der Waals surface area contributed by atoms with E-state index in [-0.39, 0.29) is 5.56 Å². The molecule has 0 bridgehead atoms. The summed E-state index contributed by atoms with van der Waals surface area (Å²) in [5.41, 5.74) is 1.06. The highest BCUT2D eigenvalue weighted by atomic mass is 19.3. The minimum atomic E-state index is -2.99. The second-order valence-corrected chi connectivity index (χ2v) is 3.07. The molecule has 1 unspecified atom stereocenters. The number of rotatable bonds is 3. The lowest BCUT2D eigenvalue weighted by atomic mass is 10.0. The van der Waals surface area contributed by atoms with Crippen molar-refractivity contribution in [1.82, 2.24) is 5.43 Å². The molecule has 0 saturated heterocycles. The van der Waals surface area contributed by atoms with Gasteiger partial charge in [0.2, 0.25) is 0 Å². The number of benzene rings is 1. The number of alkyl halides is 2. The van der Waals surface area contributed by atoms with Gasteiger partial charge in [-0.2, -0.15) is 0 Å².